The topological polar surface area (TPSA) is 42.0 Å². The maximum absolute atomic E-state index is 12.7. The minimum atomic E-state index is 0.0117. The number of rotatable bonds is 3. The summed E-state index contributed by atoms with van der Waals surface area (Å²) in [6, 6.07) is 13.3. The highest BCUT2D eigenvalue weighted by molar-refractivity contribution is 5.95. The fourth-order valence-corrected chi connectivity index (χ4v) is 3.32. The highest BCUT2D eigenvalue weighted by Crippen LogP contribution is 2.59. The van der Waals surface area contributed by atoms with Gasteiger partial charge in [0.2, 0.25) is 5.91 Å². The van der Waals surface area contributed by atoms with Crippen LogP contribution in [0.2, 0.25) is 0 Å². The molecular formula is C23H24N2O. The van der Waals surface area contributed by atoms with Crippen LogP contribution in [0, 0.1) is 29.1 Å². The molecule has 1 N–H and O–H groups in total. The molecule has 0 radical (unpaired) electrons. The summed E-state index contributed by atoms with van der Waals surface area (Å²) in [6.07, 6.45) is 3.93. The van der Waals surface area contributed by atoms with E-state index in [4.69, 9.17) is 0 Å². The SMILES string of the molecule is CC(C)=C[C@@H]1[C@@H](C(=O)Nc2cccc(C#Cc3ccccn3)c2)C1(C)C. The van der Waals surface area contributed by atoms with Crippen molar-refractivity contribution in [2.75, 3.05) is 5.32 Å². The summed E-state index contributed by atoms with van der Waals surface area (Å²) in [6.45, 7) is 8.45. The molecule has 1 amide bonds. The molecule has 1 aliphatic carbocycles. The first-order chi connectivity index (χ1) is 12.4. The van der Waals surface area contributed by atoms with Gasteiger partial charge in [0, 0.05) is 17.4 Å². The number of aromatic nitrogens is 1. The molecule has 26 heavy (non-hydrogen) atoms. The number of nitrogens with zero attached hydrogens (tertiary/aromatic N) is 1. The van der Waals surface area contributed by atoms with E-state index < -0.39 is 0 Å². The first-order valence-corrected chi connectivity index (χ1v) is 8.87. The van der Waals surface area contributed by atoms with E-state index in [2.05, 4.69) is 55.9 Å². The Balaban J connectivity index is 1.71. The van der Waals surface area contributed by atoms with Crippen LogP contribution in [0.15, 0.2) is 60.3 Å². The van der Waals surface area contributed by atoms with Crippen molar-refractivity contribution in [3.63, 3.8) is 0 Å². The predicted molar refractivity (Wildman–Crippen MR) is 105 cm³/mol. The van der Waals surface area contributed by atoms with Crippen LogP contribution in [-0.2, 0) is 4.79 Å². The van der Waals surface area contributed by atoms with Crippen molar-refractivity contribution in [1.29, 1.82) is 0 Å². The second kappa shape index (κ2) is 7.17. The smallest absolute Gasteiger partial charge is 0.228 e. The minimum absolute atomic E-state index is 0.0117. The molecule has 0 bridgehead atoms. The van der Waals surface area contributed by atoms with E-state index in [1.807, 2.05) is 42.5 Å². The van der Waals surface area contributed by atoms with Gasteiger partial charge in [0.1, 0.15) is 5.69 Å². The van der Waals surface area contributed by atoms with Crippen molar-refractivity contribution in [2.45, 2.75) is 27.7 Å². The fourth-order valence-electron chi connectivity index (χ4n) is 3.32. The molecule has 1 fully saturated rings. The lowest BCUT2D eigenvalue weighted by Gasteiger charge is -2.06. The highest BCUT2D eigenvalue weighted by Gasteiger charge is 2.60. The third-order valence-electron chi connectivity index (χ3n) is 4.84. The molecule has 3 nitrogen and oxygen atoms in total. The Morgan fingerprint density at radius 3 is 2.65 bits per heavy atom. The maximum atomic E-state index is 12.7. The van der Waals surface area contributed by atoms with Crippen molar-refractivity contribution in [2.24, 2.45) is 17.3 Å². The quantitative estimate of drug-likeness (QED) is 0.650. The normalized spacial score (nSPS) is 19.7. The van der Waals surface area contributed by atoms with Crippen LogP contribution >= 0.6 is 0 Å². The number of pyridine rings is 1. The van der Waals surface area contributed by atoms with Gasteiger partial charge in [-0.05, 0) is 61.4 Å². The van der Waals surface area contributed by atoms with Gasteiger partial charge in [-0.25, -0.2) is 4.98 Å². The van der Waals surface area contributed by atoms with Gasteiger partial charge in [0.25, 0.3) is 0 Å². The Morgan fingerprint density at radius 1 is 1.15 bits per heavy atom. The summed E-state index contributed by atoms with van der Waals surface area (Å²) >= 11 is 0. The van der Waals surface area contributed by atoms with E-state index >= 15 is 0 Å². The number of anilines is 1. The van der Waals surface area contributed by atoms with E-state index in [1.54, 1.807) is 6.20 Å². The van der Waals surface area contributed by atoms with Crippen molar-refractivity contribution >= 4 is 11.6 Å². The van der Waals surface area contributed by atoms with E-state index in [9.17, 15) is 4.79 Å². The first kappa shape index (κ1) is 17.9. The van der Waals surface area contributed by atoms with Crippen LogP contribution in [0.3, 0.4) is 0 Å². The van der Waals surface area contributed by atoms with Gasteiger partial charge in [-0.1, -0.05) is 43.5 Å². The lowest BCUT2D eigenvalue weighted by molar-refractivity contribution is -0.118. The van der Waals surface area contributed by atoms with Gasteiger partial charge in [0.05, 0.1) is 5.92 Å². The van der Waals surface area contributed by atoms with E-state index in [0.717, 1.165) is 16.9 Å². The first-order valence-electron chi connectivity index (χ1n) is 8.87. The summed E-state index contributed by atoms with van der Waals surface area (Å²) in [5, 5.41) is 3.05. The van der Waals surface area contributed by atoms with E-state index in [-0.39, 0.29) is 17.2 Å². The number of carbonyl (C=O) groups excluding carboxylic acids is 1. The Labute approximate surface area is 155 Å². The fraction of sp³-hybridized carbons (Fsp3) is 0.304. The average Bonchev–Trinajstić information content (AvgIpc) is 3.14. The number of amides is 1. The van der Waals surface area contributed by atoms with Crippen LogP contribution in [0.4, 0.5) is 5.69 Å². The molecule has 1 heterocycles. The van der Waals surface area contributed by atoms with Gasteiger partial charge in [0.15, 0.2) is 0 Å². The molecule has 3 rings (SSSR count). The molecule has 1 saturated carbocycles. The average molecular weight is 344 g/mol. The van der Waals surface area contributed by atoms with Gasteiger partial charge in [-0.3, -0.25) is 4.79 Å². The van der Waals surface area contributed by atoms with Crippen molar-refractivity contribution in [3.05, 3.63) is 71.6 Å². The maximum Gasteiger partial charge on any atom is 0.228 e. The summed E-state index contributed by atoms with van der Waals surface area (Å²) in [7, 11) is 0. The van der Waals surface area contributed by atoms with Crippen molar-refractivity contribution in [1.82, 2.24) is 4.98 Å². The summed E-state index contributed by atoms with van der Waals surface area (Å²) in [5.74, 6) is 6.53. The molecule has 2 atom stereocenters. The molecular weight excluding hydrogens is 320 g/mol. The second-order valence-corrected chi connectivity index (χ2v) is 7.60. The number of hydrogen-bond acceptors (Lipinski definition) is 2. The molecule has 0 aliphatic heterocycles. The van der Waals surface area contributed by atoms with Gasteiger partial charge in [-0.2, -0.15) is 0 Å². The van der Waals surface area contributed by atoms with Crippen LogP contribution < -0.4 is 5.32 Å². The predicted octanol–water partition coefficient (Wildman–Crippen LogP) is 4.66. The Hall–Kier alpha value is -2.86. The number of hydrogen-bond donors (Lipinski definition) is 1. The van der Waals surface area contributed by atoms with Crippen LogP contribution in [0.25, 0.3) is 0 Å². The van der Waals surface area contributed by atoms with Crippen molar-refractivity contribution < 1.29 is 4.79 Å². The molecule has 1 aliphatic rings. The Bertz CT molecular complexity index is 897. The zero-order chi connectivity index (χ0) is 18.7. The minimum Gasteiger partial charge on any atom is -0.326 e. The summed E-state index contributed by atoms with van der Waals surface area (Å²) in [5.41, 5.74) is 3.62. The molecule has 0 unspecified atom stereocenters. The van der Waals surface area contributed by atoms with Gasteiger partial charge >= 0.3 is 0 Å². The lowest BCUT2D eigenvalue weighted by Crippen LogP contribution is -2.16. The second-order valence-electron chi connectivity index (χ2n) is 7.60. The molecule has 1 aromatic carbocycles. The zero-order valence-electron chi connectivity index (χ0n) is 15.7. The zero-order valence-corrected chi connectivity index (χ0v) is 15.7. The lowest BCUT2D eigenvalue weighted by atomic mass is 10.1. The molecule has 132 valence electrons. The molecule has 0 saturated heterocycles. The molecule has 0 spiro atoms. The highest BCUT2D eigenvalue weighted by atomic mass is 16.2. The molecule has 2 aromatic rings. The Morgan fingerprint density at radius 2 is 1.96 bits per heavy atom. The molecule has 1 aromatic heterocycles. The van der Waals surface area contributed by atoms with Crippen LogP contribution in [0.1, 0.15) is 39.0 Å². The number of benzene rings is 1. The standard InChI is InChI=1S/C23H24N2O/c1-16(2)14-20-21(23(20,3)4)22(26)25-19-10-7-8-17(15-19)11-12-18-9-5-6-13-24-18/h5-10,13-15,20-21H,1-4H3,(H,25,26)/t20-,21+/m1/s1. The van der Waals surface area contributed by atoms with Gasteiger partial charge in [-0.15, -0.1) is 0 Å². The summed E-state index contributed by atoms with van der Waals surface area (Å²) in [4.78, 5) is 16.9. The number of carbonyl (C=O) groups is 1. The molecule has 3 heteroatoms. The van der Waals surface area contributed by atoms with Crippen LogP contribution in [0.5, 0.6) is 0 Å². The number of allylic oxidation sites excluding steroid dienone is 2. The third kappa shape index (κ3) is 4.03. The van der Waals surface area contributed by atoms with Crippen molar-refractivity contribution in [3.8, 4) is 11.8 Å². The monoisotopic (exact) mass is 344 g/mol. The summed E-state index contributed by atoms with van der Waals surface area (Å²) < 4.78 is 0. The number of nitrogens with one attached hydrogen (secondary N) is 1. The van der Waals surface area contributed by atoms with E-state index in [0.29, 0.717) is 5.92 Å². The van der Waals surface area contributed by atoms with E-state index in [1.165, 1.54) is 5.57 Å². The van der Waals surface area contributed by atoms with Crippen LogP contribution in [-0.4, -0.2) is 10.9 Å². The Kier molecular flexibility index (Phi) is 4.95. The largest absolute Gasteiger partial charge is 0.326 e. The third-order valence-corrected chi connectivity index (χ3v) is 4.84. The van der Waals surface area contributed by atoms with Gasteiger partial charge < -0.3 is 5.32 Å².